The van der Waals surface area contributed by atoms with Crippen LogP contribution < -0.4 is 103 Å². The SMILES string of the molecule is CC(C)C[C@H](NC(=O)CNC(=O)CNC(=O)[C@H](Cc1ccccc1)NC(=O)[C@H](Cc1cnc[nH]1)NC(=O)[C@@H](C)NC(=O)[C@@H](NC(=O)[C@H](CS)NC(=O)[C@H](Cc1ccccc1)NC(=O)[C@H](CCCN=C(N)N)NC(=O)[C@@H](N)CCC(N)=O)[C@@H](C)O)C(=O)N[C@@H](Cc1ccc(O)cc1)C(=O)N1CCC[C@H]1C(=O)N[C@@H](CS)C(=O)N[C@@H](CC(N)=O)C(=O)NCC(=O)N1CCC[C@H]1C(=O)O. The van der Waals surface area contributed by atoms with Crippen LogP contribution in [0.15, 0.2) is 102 Å². The fourth-order valence-electron chi connectivity index (χ4n) is 13.9. The largest absolute Gasteiger partial charge is 0.508 e. The van der Waals surface area contributed by atoms with Crippen molar-refractivity contribution in [2.24, 2.45) is 39.6 Å². The molecule has 0 radical (unpaired) electrons. The van der Waals surface area contributed by atoms with E-state index < -0.39 is 235 Å². The number of hydrogen-bond donors (Lipinski definition) is 25. The van der Waals surface area contributed by atoms with Crippen molar-refractivity contribution in [3.63, 3.8) is 0 Å². The van der Waals surface area contributed by atoms with E-state index in [2.05, 4.69) is 115 Å². The van der Waals surface area contributed by atoms with Gasteiger partial charge >= 0.3 is 5.97 Å². The predicted octanol–water partition coefficient (Wildman–Crippen LogP) is -8.04. The molecule has 0 spiro atoms. The van der Waals surface area contributed by atoms with Crippen molar-refractivity contribution in [2.75, 3.05) is 50.8 Å². The number of aliphatic imine (C=N–C) groups is 1. The number of thiol groups is 2. The molecule has 48 heteroatoms. The maximum atomic E-state index is 14.8. The lowest BCUT2D eigenvalue weighted by molar-refractivity contribution is -0.148. The number of nitrogens with zero attached hydrogens (tertiary/aromatic N) is 4. The zero-order valence-corrected chi connectivity index (χ0v) is 74.5. The minimum atomic E-state index is -1.84. The van der Waals surface area contributed by atoms with Gasteiger partial charge in [0.2, 0.25) is 106 Å². The number of imidazole rings is 1. The van der Waals surface area contributed by atoms with Crippen LogP contribution in [0.1, 0.15) is 114 Å². The van der Waals surface area contributed by atoms with E-state index in [1.807, 2.05) is 0 Å². The highest BCUT2D eigenvalue weighted by atomic mass is 32.1. The van der Waals surface area contributed by atoms with Crippen molar-refractivity contribution in [3.05, 3.63) is 120 Å². The average Bonchev–Trinajstić information content (AvgIpc) is 1.73. The number of carbonyl (C=O) groups is 19. The Labute approximate surface area is 764 Å². The van der Waals surface area contributed by atoms with Gasteiger partial charge in [-0.1, -0.05) is 86.6 Å². The smallest absolute Gasteiger partial charge is 0.326 e. The van der Waals surface area contributed by atoms with Crippen LogP contribution in [-0.2, 0) is 117 Å². The Hall–Kier alpha value is -13.5. The van der Waals surface area contributed by atoms with Crippen molar-refractivity contribution < 1.29 is 106 Å². The third kappa shape index (κ3) is 35.8. The second-order valence-corrected chi connectivity index (χ2v) is 32.5. The van der Waals surface area contributed by atoms with Gasteiger partial charge in [-0.05, 0) is 100.0 Å². The van der Waals surface area contributed by atoms with Gasteiger partial charge in [0.05, 0.1) is 44.5 Å². The number of primary amides is 2. The third-order valence-corrected chi connectivity index (χ3v) is 21.6. The summed E-state index contributed by atoms with van der Waals surface area (Å²) in [5.41, 5.74) is 29.4. The number of aromatic amines is 1. The monoisotopic (exact) mass is 1870 g/mol. The van der Waals surface area contributed by atoms with Crippen LogP contribution in [0.4, 0.5) is 0 Å². The van der Waals surface area contributed by atoms with Crippen molar-refractivity contribution in [1.82, 2.24) is 94.2 Å². The van der Waals surface area contributed by atoms with Gasteiger partial charge in [0.15, 0.2) is 5.96 Å². The number of phenols is 1. The van der Waals surface area contributed by atoms with Crippen LogP contribution in [0.2, 0.25) is 0 Å². The molecule has 18 amide bonds. The summed E-state index contributed by atoms with van der Waals surface area (Å²) in [6, 6.07) is 1.76. The third-order valence-electron chi connectivity index (χ3n) is 20.9. The molecule has 28 N–H and O–H groups in total. The van der Waals surface area contributed by atoms with E-state index in [1.54, 1.807) is 74.5 Å². The number of carbonyl (C=O) groups excluding carboxylic acids is 18. The molecule has 3 aromatic carbocycles. The quantitative estimate of drug-likeness (QED) is 0.00845. The zero-order valence-electron chi connectivity index (χ0n) is 72.7. The van der Waals surface area contributed by atoms with Gasteiger partial charge in [-0.2, -0.15) is 25.3 Å². The maximum absolute atomic E-state index is 14.8. The molecule has 46 nitrogen and oxygen atoms in total. The van der Waals surface area contributed by atoms with Gasteiger partial charge in [-0.3, -0.25) is 91.3 Å². The first-order valence-electron chi connectivity index (χ1n) is 42.2. The summed E-state index contributed by atoms with van der Waals surface area (Å²) in [5.74, 6) is -19.4. The lowest BCUT2D eigenvalue weighted by atomic mass is 10.0. The molecular formula is C83H118N24O22S2. The summed E-state index contributed by atoms with van der Waals surface area (Å²) < 4.78 is 0. The number of nitrogens with two attached hydrogens (primary N) is 5. The number of nitrogens with one attached hydrogen (secondary N) is 15. The summed E-state index contributed by atoms with van der Waals surface area (Å²) >= 11 is 8.50. The number of aliphatic hydroxyl groups excluding tert-OH is 1. The minimum absolute atomic E-state index is 0.0289. The number of aliphatic carboxylic acids is 1. The number of guanidine groups is 1. The maximum Gasteiger partial charge on any atom is 0.326 e. The fraction of sp³-hybridized carbons (Fsp3) is 0.506. The van der Waals surface area contributed by atoms with Gasteiger partial charge < -0.3 is 133 Å². The minimum Gasteiger partial charge on any atom is -0.508 e. The van der Waals surface area contributed by atoms with Crippen molar-refractivity contribution in [3.8, 4) is 5.75 Å². The van der Waals surface area contributed by atoms with Gasteiger partial charge in [0.1, 0.15) is 84.3 Å². The number of phenolic OH excluding ortho intramolecular Hbond substituents is 1. The van der Waals surface area contributed by atoms with Crippen LogP contribution in [0.25, 0.3) is 0 Å². The summed E-state index contributed by atoms with van der Waals surface area (Å²) in [6.07, 6.45) is -0.176. The summed E-state index contributed by atoms with van der Waals surface area (Å²) in [6.45, 7) is 3.68. The number of amides is 18. The molecule has 2 fully saturated rings. The first-order chi connectivity index (χ1) is 62.1. The van der Waals surface area contributed by atoms with Gasteiger partial charge in [0.25, 0.3) is 0 Å². The molecule has 0 bridgehead atoms. The fourth-order valence-corrected chi connectivity index (χ4v) is 14.5. The molecule has 4 aromatic rings. The normalized spacial score (nSPS) is 16.3. The van der Waals surface area contributed by atoms with E-state index in [4.69, 9.17) is 28.7 Å². The molecule has 0 saturated carbocycles. The van der Waals surface area contributed by atoms with Gasteiger partial charge in [0, 0.05) is 75.1 Å². The number of H-pyrrole nitrogens is 1. The molecule has 15 atom stereocenters. The molecule has 131 heavy (non-hydrogen) atoms. The van der Waals surface area contributed by atoms with E-state index in [0.717, 1.165) is 11.8 Å². The first kappa shape index (κ1) is 106. The molecule has 714 valence electrons. The van der Waals surface area contributed by atoms with E-state index in [1.165, 1.54) is 48.6 Å². The zero-order chi connectivity index (χ0) is 96.7. The number of carboxylic acid groups (broad SMARTS) is 1. The standard InChI is InChI=1S/C83H118N24O22S2/c1-43(2)30-53(74(120)102-58(33-48-21-23-50(109)24-22-48)81(127)107-29-12-19-61(107)79(125)104-59(40-130)77(123)101-57(35-64(86)111)72(118)93-39-67(114)106-28-13-20-62(106)82(128)129)96-66(113)38-91-65(112)37-92-71(117)54(31-46-14-7-5-8-15-46)99-76(122)56(34-49-36-89-42-94-49)98-69(115)44(3)95-80(126)68(45(4)108)105-78(124)60(41-131)103-75(121)55(32-47-16-9-6-10-17-47)100-73(119)52(18-11-27-90-83(87)88)97-70(116)51(84)25-26-63(85)110/h5-10,14-17,21-24,36,42-45,51-62,68,108-109,130-131H,11-13,18-20,25-35,37-41,84H2,1-4H3,(H2,85,110)(H2,86,111)(H,89,94)(H,91,112)(H,92,117)(H,93,118)(H,95,126)(H,96,113)(H,97,116)(H,98,115)(H,99,122)(H,100,119)(H,101,123)(H,102,120)(H,103,121)(H,104,125)(H,105,124)(H,128,129)(H4,87,88,90)/t44-,45-,51+,52+,53+,54+,55+,56+,57+,58+,59+,60+,61+,62+,68+/m1/s1. The molecular weight excluding hydrogens is 1750 g/mol. The van der Waals surface area contributed by atoms with Crippen LogP contribution in [0.3, 0.4) is 0 Å². The topological polar surface area (TPSA) is 731 Å². The number of likely N-dealkylation sites (tertiary alicyclic amines) is 2. The molecule has 6 rings (SSSR count). The number of benzene rings is 3. The Morgan fingerprint density at radius 2 is 0.985 bits per heavy atom. The number of rotatable bonds is 53. The van der Waals surface area contributed by atoms with Crippen LogP contribution in [0, 0.1) is 5.92 Å². The molecule has 2 saturated heterocycles. The summed E-state index contributed by atoms with van der Waals surface area (Å²) in [7, 11) is 0. The molecule has 3 heterocycles. The number of aliphatic hydroxyl groups is 1. The Bertz CT molecular complexity index is 4670. The highest BCUT2D eigenvalue weighted by Crippen LogP contribution is 2.23. The van der Waals surface area contributed by atoms with E-state index in [0.29, 0.717) is 28.8 Å². The summed E-state index contributed by atoms with van der Waals surface area (Å²) in [5, 5.41) is 65.4. The Morgan fingerprint density at radius 3 is 1.55 bits per heavy atom. The number of aromatic nitrogens is 2. The van der Waals surface area contributed by atoms with Gasteiger partial charge in [-0.15, -0.1) is 0 Å². The Balaban J connectivity index is 1.08. The Morgan fingerprint density at radius 1 is 0.496 bits per heavy atom. The lowest BCUT2D eigenvalue weighted by Gasteiger charge is -2.31. The highest BCUT2D eigenvalue weighted by Gasteiger charge is 2.43. The van der Waals surface area contributed by atoms with Crippen LogP contribution in [-0.4, -0.2) is 295 Å². The first-order valence-corrected chi connectivity index (χ1v) is 43.5. The highest BCUT2D eigenvalue weighted by molar-refractivity contribution is 7.80. The number of aromatic hydroxyl groups is 1. The van der Waals surface area contributed by atoms with E-state index >= 15 is 0 Å². The molecule has 2 aliphatic heterocycles. The van der Waals surface area contributed by atoms with Crippen LogP contribution in [0.5, 0.6) is 5.75 Å². The van der Waals surface area contributed by atoms with Crippen LogP contribution >= 0.6 is 25.3 Å². The Kier molecular flexibility index (Phi) is 43.4. The molecule has 0 unspecified atom stereocenters. The molecule has 2 aliphatic rings. The number of carboxylic acids is 1. The van der Waals surface area contributed by atoms with Crippen molar-refractivity contribution >= 4 is 144 Å². The van der Waals surface area contributed by atoms with E-state index in [-0.39, 0.29) is 120 Å². The van der Waals surface area contributed by atoms with Crippen molar-refractivity contribution in [2.45, 2.75) is 208 Å². The average molecular weight is 1870 g/mol. The molecule has 1 aromatic heterocycles. The summed E-state index contributed by atoms with van der Waals surface area (Å²) in [4.78, 5) is 272. The van der Waals surface area contributed by atoms with E-state index in [9.17, 15) is 106 Å². The van der Waals surface area contributed by atoms with Crippen molar-refractivity contribution in [1.29, 1.82) is 0 Å². The second kappa shape index (κ2) is 53.5. The second-order valence-electron chi connectivity index (χ2n) is 31.8. The lowest BCUT2D eigenvalue weighted by Crippen LogP contribution is -2.62. The predicted molar refractivity (Wildman–Crippen MR) is 476 cm³/mol. The number of hydrogen-bond acceptors (Lipinski definition) is 26. The van der Waals surface area contributed by atoms with Gasteiger partial charge in [-0.25, -0.2) is 9.78 Å². The molecule has 0 aliphatic carbocycles.